The topological polar surface area (TPSA) is 121 Å². The third kappa shape index (κ3) is 13.2. The standard InChI is InChI=1S/C16H18ClO7PS.3K/c17-13-7-9-14(10-8-13)24-15-5-1-3-12(11-15)4-2-6-16(25(18,19)20)26(21,22)23;;;/h1,3,5,7-11,16H,2,4,6H2,(H2,18,19,20)(H,21,22,23);;;. The van der Waals surface area contributed by atoms with Crippen LogP contribution >= 0.6 is 19.2 Å². The summed E-state index contributed by atoms with van der Waals surface area (Å²) in [4.78, 5) is 16.1. The molecule has 145 valence electrons. The second kappa shape index (κ2) is 16.2. The first kappa shape index (κ1) is 34.7. The van der Waals surface area contributed by atoms with Crippen molar-refractivity contribution in [3.8, 4) is 11.5 Å². The minimum atomic E-state index is -4.95. The van der Waals surface area contributed by atoms with Crippen LogP contribution in [0.2, 0.25) is 5.02 Å². The fraction of sp³-hybridized carbons (Fsp3) is 0.250. The van der Waals surface area contributed by atoms with Gasteiger partial charge in [-0.25, -0.2) is 0 Å². The number of hydrogen-bond acceptors (Lipinski definition) is 4. The van der Waals surface area contributed by atoms with Crippen molar-refractivity contribution in [3.05, 3.63) is 59.1 Å². The zero-order chi connectivity index (χ0) is 19.4. The molecule has 2 aromatic rings. The molecular formula is C16H18ClK3O7PS. The molecule has 1 unspecified atom stereocenters. The molecule has 0 aliphatic carbocycles. The maximum atomic E-state index is 11.2. The molecule has 3 N–H and O–H groups in total. The molecule has 0 spiro atoms. The summed E-state index contributed by atoms with van der Waals surface area (Å²) < 4.78 is 48.2. The maximum Gasteiger partial charge on any atom is 0.346 e. The van der Waals surface area contributed by atoms with Gasteiger partial charge in [0.25, 0.3) is 10.1 Å². The summed E-state index contributed by atoms with van der Waals surface area (Å²) in [6.45, 7) is 0. The zero-order valence-electron chi connectivity index (χ0n) is 16.5. The molecule has 3 radical (unpaired) electrons. The van der Waals surface area contributed by atoms with Crippen LogP contribution in [0.4, 0.5) is 0 Å². The van der Waals surface area contributed by atoms with E-state index in [1.807, 2.05) is 0 Å². The summed E-state index contributed by atoms with van der Waals surface area (Å²) in [6, 6.07) is 13.8. The minimum Gasteiger partial charge on any atom is -0.457 e. The molecule has 0 heterocycles. The van der Waals surface area contributed by atoms with Crippen LogP contribution < -0.4 is 4.74 Å². The van der Waals surface area contributed by atoms with Crippen molar-refractivity contribution in [1.29, 1.82) is 0 Å². The molecule has 0 saturated heterocycles. The summed E-state index contributed by atoms with van der Waals surface area (Å²) in [6.07, 6.45) is 0.176. The summed E-state index contributed by atoms with van der Waals surface area (Å²) in [7, 11) is -9.78. The number of rotatable bonds is 8. The molecular weight excluding hydrogens is 520 g/mol. The van der Waals surface area contributed by atoms with Crippen molar-refractivity contribution >= 4 is 183 Å². The smallest absolute Gasteiger partial charge is 0.346 e. The number of hydrogen-bond donors (Lipinski definition) is 3. The van der Waals surface area contributed by atoms with E-state index in [1.165, 1.54) is 0 Å². The third-order valence-corrected chi connectivity index (χ3v) is 7.39. The zero-order valence-corrected chi connectivity index (χ0v) is 28.4. The summed E-state index contributed by atoms with van der Waals surface area (Å²) in [5.74, 6) is 1.16. The Labute approximate surface area is 303 Å². The SMILES string of the molecule is O=P(O)(O)C(CCCc1cccc(Oc2ccc(Cl)cc2)c1)S(=O)(=O)O.[K].[K].[K]. The monoisotopic (exact) mass is 537 g/mol. The molecule has 0 aromatic heterocycles. The van der Waals surface area contributed by atoms with Crippen molar-refractivity contribution in [2.24, 2.45) is 0 Å². The molecule has 13 heteroatoms. The van der Waals surface area contributed by atoms with Crippen molar-refractivity contribution in [2.75, 3.05) is 0 Å². The fourth-order valence-electron chi connectivity index (χ4n) is 2.37. The fourth-order valence-corrected chi connectivity index (χ4v) is 4.87. The Kier molecular flexibility index (Phi) is 19.4. The largest absolute Gasteiger partial charge is 0.457 e. The number of ether oxygens (including phenoxy) is 1. The first-order chi connectivity index (χ1) is 12.1. The van der Waals surface area contributed by atoms with Crippen LogP contribution in [0.1, 0.15) is 18.4 Å². The molecule has 7 nitrogen and oxygen atoms in total. The van der Waals surface area contributed by atoms with E-state index in [1.54, 1.807) is 48.5 Å². The maximum absolute atomic E-state index is 11.2. The summed E-state index contributed by atoms with van der Waals surface area (Å²) >= 11 is 5.81. The van der Waals surface area contributed by atoms with Gasteiger partial charge in [0.05, 0.1) is 0 Å². The van der Waals surface area contributed by atoms with Gasteiger partial charge < -0.3 is 14.5 Å². The molecule has 1 atom stereocenters. The van der Waals surface area contributed by atoms with E-state index in [2.05, 4.69) is 0 Å². The van der Waals surface area contributed by atoms with Gasteiger partial charge in [0, 0.05) is 159 Å². The van der Waals surface area contributed by atoms with Crippen LogP contribution in [0.25, 0.3) is 0 Å². The molecule has 0 saturated carbocycles. The molecule has 29 heavy (non-hydrogen) atoms. The van der Waals surface area contributed by atoms with Crippen LogP contribution in [0, 0.1) is 0 Å². The van der Waals surface area contributed by atoms with E-state index < -0.39 is 22.7 Å². The Bertz CT molecular complexity index is 907. The van der Waals surface area contributed by atoms with Crippen molar-refractivity contribution in [2.45, 2.75) is 24.3 Å². The molecule has 0 fully saturated rings. The van der Waals surface area contributed by atoms with Crippen molar-refractivity contribution in [1.82, 2.24) is 0 Å². The molecule has 0 amide bonds. The van der Waals surface area contributed by atoms with Crippen LogP contribution in [0.3, 0.4) is 0 Å². The number of aryl methyl sites for hydroxylation is 1. The van der Waals surface area contributed by atoms with Gasteiger partial charge in [0.1, 0.15) is 11.5 Å². The summed E-state index contributed by atoms with van der Waals surface area (Å²) in [5, 5.41) is 0.588. The van der Waals surface area contributed by atoms with Crippen LogP contribution in [-0.2, 0) is 21.1 Å². The van der Waals surface area contributed by atoms with Crippen LogP contribution in [-0.4, -0.2) is 182 Å². The average Bonchev–Trinajstić information content (AvgIpc) is 2.52. The predicted octanol–water partition coefficient (Wildman–Crippen LogP) is 2.70. The van der Waals surface area contributed by atoms with Gasteiger partial charge in [0.2, 0.25) is 0 Å². The van der Waals surface area contributed by atoms with Crippen molar-refractivity contribution < 1.29 is 32.1 Å². The predicted molar refractivity (Wildman–Crippen MR) is 116 cm³/mol. The second-order valence-electron chi connectivity index (χ2n) is 5.65. The molecule has 2 rings (SSSR count). The molecule has 0 bridgehead atoms. The second-order valence-corrected chi connectivity index (χ2v) is 9.84. The number of benzene rings is 2. The Morgan fingerprint density at radius 2 is 1.59 bits per heavy atom. The van der Waals surface area contributed by atoms with Gasteiger partial charge in [-0.3, -0.25) is 9.12 Å². The van der Waals surface area contributed by atoms with E-state index in [0.717, 1.165) is 5.56 Å². The van der Waals surface area contributed by atoms with Gasteiger partial charge in [-0.2, -0.15) is 8.42 Å². The van der Waals surface area contributed by atoms with Gasteiger partial charge in [0.15, 0.2) is 4.99 Å². The van der Waals surface area contributed by atoms with Crippen molar-refractivity contribution in [3.63, 3.8) is 0 Å². The molecule has 0 aliphatic heterocycles. The van der Waals surface area contributed by atoms with Crippen LogP contribution in [0.5, 0.6) is 11.5 Å². The first-order valence-electron chi connectivity index (χ1n) is 7.59. The van der Waals surface area contributed by atoms with E-state index in [0.29, 0.717) is 22.9 Å². The Hall–Kier alpha value is 3.50. The van der Waals surface area contributed by atoms with E-state index in [-0.39, 0.29) is 167 Å². The third-order valence-electron chi connectivity index (χ3n) is 3.58. The Morgan fingerprint density at radius 3 is 2.10 bits per heavy atom. The van der Waals surface area contributed by atoms with Gasteiger partial charge >= 0.3 is 7.60 Å². The molecule has 0 aliphatic rings. The normalized spacial score (nSPS) is 12.0. The van der Waals surface area contributed by atoms with Gasteiger partial charge in [-0.1, -0.05) is 23.7 Å². The van der Waals surface area contributed by atoms with E-state index in [4.69, 9.17) is 30.7 Å². The van der Waals surface area contributed by atoms with E-state index in [9.17, 15) is 13.0 Å². The minimum absolute atomic E-state index is 0. The summed E-state index contributed by atoms with van der Waals surface area (Å²) in [5.41, 5.74) is 0.802. The molecule has 2 aromatic carbocycles. The van der Waals surface area contributed by atoms with Gasteiger partial charge in [-0.05, 0) is 61.2 Å². The number of halogens is 1. The Balaban J connectivity index is 0. The Morgan fingerprint density at radius 1 is 1.00 bits per heavy atom. The first-order valence-corrected chi connectivity index (χ1v) is 11.2. The van der Waals surface area contributed by atoms with Gasteiger partial charge in [-0.15, -0.1) is 0 Å². The average molecular weight is 538 g/mol. The van der Waals surface area contributed by atoms with E-state index >= 15 is 0 Å². The quantitative estimate of drug-likeness (QED) is 0.269. The van der Waals surface area contributed by atoms with Crippen LogP contribution in [0.15, 0.2) is 48.5 Å².